The topological polar surface area (TPSA) is 53.5 Å². The number of hydrogen-bond acceptors (Lipinski definition) is 4. The van der Waals surface area contributed by atoms with E-state index >= 15 is 0 Å². The minimum absolute atomic E-state index is 0. The van der Waals surface area contributed by atoms with E-state index in [0.29, 0.717) is 6.42 Å². The van der Waals surface area contributed by atoms with Gasteiger partial charge in [0.05, 0.1) is 12.1 Å². The number of ketones is 1. The van der Waals surface area contributed by atoms with Crippen molar-refractivity contribution in [3.8, 4) is 0 Å². The molecule has 2 aromatic carbocycles. The van der Waals surface area contributed by atoms with E-state index < -0.39 is 17.4 Å². The molecule has 1 aliphatic heterocycles. The quantitative estimate of drug-likeness (QED) is 0.796. The summed E-state index contributed by atoms with van der Waals surface area (Å²) >= 11 is 0. The molecule has 0 amide bonds. The summed E-state index contributed by atoms with van der Waals surface area (Å²) in [7, 11) is 0. The van der Waals surface area contributed by atoms with E-state index in [1.165, 1.54) is 0 Å². The first-order valence-electron chi connectivity index (χ1n) is 7.74. The van der Waals surface area contributed by atoms with Gasteiger partial charge < -0.3 is 10.6 Å². The molecule has 3 rings (SSSR count). The van der Waals surface area contributed by atoms with Crippen LogP contribution in [0.15, 0.2) is 47.5 Å². The highest BCUT2D eigenvalue weighted by Gasteiger charge is 2.13. The fourth-order valence-electron chi connectivity index (χ4n) is 2.48. The van der Waals surface area contributed by atoms with Crippen molar-refractivity contribution in [3.63, 3.8) is 0 Å². The molecule has 0 aliphatic carbocycles. The maximum atomic E-state index is 13.6. The van der Waals surface area contributed by atoms with Gasteiger partial charge in [-0.25, -0.2) is 8.78 Å². The normalized spacial score (nSPS) is 12.8. The second-order valence-electron chi connectivity index (χ2n) is 5.53. The van der Waals surface area contributed by atoms with Gasteiger partial charge in [0, 0.05) is 18.7 Å². The summed E-state index contributed by atoms with van der Waals surface area (Å²) in [6, 6.07) is 10.5. The van der Waals surface area contributed by atoms with Gasteiger partial charge in [0.15, 0.2) is 11.7 Å². The van der Waals surface area contributed by atoms with Crippen molar-refractivity contribution in [2.45, 2.75) is 12.8 Å². The summed E-state index contributed by atoms with van der Waals surface area (Å²) in [5.74, 6) is -0.956. The number of carbonyl (C=O) groups is 1. The number of aryl methyl sites for hydroxylation is 1. The highest BCUT2D eigenvalue weighted by molar-refractivity contribution is 5.96. The van der Waals surface area contributed by atoms with Crippen LogP contribution in [-0.4, -0.2) is 24.8 Å². The van der Waals surface area contributed by atoms with Gasteiger partial charge in [-0.3, -0.25) is 9.79 Å². The van der Waals surface area contributed by atoms with Crippen LogP contribution in [0.1, 0.15) is 22.3 Å². The molecule has 0 aromatic heterocycles. The van der Waals surface area contributed by atoms with Crippen LogP contribution in [0.5, 0.6) is 0 Å². The predicted octanol–water partition coefficient (Wildman–Crippen LogP) is 3.57. The predicted molar refractivity (Wildman–Crippen MR) is 96.6 cm³/mol. The number of guanidine groups is 1. The third kappa shape index (κ3) is 5.00. The van der Waals surface area contributed by atoms with E-state index in [1.54, 1.807) is 0 Å². The minimum Gasteiger partial charge on any atom is -0.354 e. The second-order valence-corrected chi connectivity index (χ2v) is 5.53. The molecule has 0 fully saturated rings. The zero-order chi connectivity index (χ0) is 16.9. The summed E-state index contributed by atoms with van der Waals surface area (Å²) < 4.78 is 26.7. The molecule has 0 saturated heterocycles. The first-order valence-corrected chi connectivity index (χ1v) is 7.74. The fraction of sp³-hybridized carbons (Fsp3) is 0.222. The summed E-state index contributed by atoms with van der Waals surface area (Å²) in [6.45, 7) is 1.60. The molecule has 4 nitrogen and oxygen atoms in total. The lowest BCUT2D eigenvalue weighted by atomic mass is 10.0. The second kappa shape index (κ2) is 8.58. The Bertz CT molecular complexity index is 778. The van der Waals surface area contributed by atoms with Crippen molar-refractivity contribution in [1.82, 2.24) is 5.32 Å². The van der Waals surface area contributed by atoms with Crippen LogP contribution in [0.25, 0.3) is 0 Å². The number of halogens is 3. The summed E-state index contributed by atoms with van der Waals surface area (Å²) in [6.07, 6.45) is 0.593. The van der Waals surface area contributed by atoms with Gasteiger partial charge in [-0.15, -0.1) is 12.4 Å². The average molecular weight is 366 g/mol. The Labute approximate surface area is 150 Å². The Balaban J connectivity index is 0.00000225. The van der Waals surface area contributed by atoms with Gasteiger partial charge in [-0.2, -0.15) is 0 Å². The van der Waals surface area contributed by atoms with Gasteiger partial charge >= 0.3 is 0 Å². The zero-order valence-electron chi connectivity index (χ0n) is 13.4. The molecule has 0 unspecified atom stereocenters. The lowest BCUT2D eigenvalue weighted by Gasteiger charge is -2.08. The Morgan fingerprint density at radius 3 is 2.60 bits per heavy atom. The smallest absolute Gasteiger partial charge is 0.195 e. The molecule has 0 spiro atoms. The number of benzene rings is 2. The van der Waals surface area contributed by atoms with Crippen molar-refractivity contribution < 1.29 is 13.6 Å². The molecule has 2 N–H and O–H groups in total. The number of Topliss-reactive ketones (excluding diaryl/α,β-unsaturated/α-hetero) is 1. The number of carbonyl (C=O) groups excluding carboxylic acids is 1. The van der Waals surface area contributed by atoms with Crippen LogP contribution in [0.2, 0.25) is 0 Å². The highest BCUT2D eigenvalue weighted by atomic mass is 35.5. The van der Waals surface area contributed by atoms with E-state index in [-0.39, 0.29) is 24.4 Å². The van der Waals surface area contributed by atoms with E-state index in [4.69, 9.17) is 0 Å². The lowest BCUT2D eigenvalue weighted by Crippen LogP contribution is -2.26. The maximum absolute atomic E-state index is 13.6. The van der Waals surface area contributed by atoms with Crippen molar-refractivity contribution in [2.24, 2.45) is 4.99 Å². The van der Waals surface area contributed by atoms with Crippen molar-refractivity contribution >= 4 is 29.8 Å². The van der Waals surface area contributed by atoms with Crippen molar-refractivity contribution in [2.75, 3.05) is 18.4 Å². The fourth-order valence-corrected chi connectivity index (χ4v) is 2.48. The molecule has 1 heterocycles. The molecule has 0 bridgehead atoms. The molecule has 132 valence electrons. The SMILES string of the molecule is Cl.O=C(CCc1ccc(NC2=NCCN2)cc1)c1cc(F)ccc1F. The van der Waals surface area contributed by atoms with E-state index in [1.807, 2.05) is 24.3 Å². The standard InChI is InChI=1S/C18H17F2N3O.ClH/c19-13-4-7-16(20)15(11-13)17(24)8-3-12-1-5-14(6-2-12)23-18-21-9-10-22-18;/h1-2,4-7,11H,3,8-10H2,(H2,21,22,23);1H. The largest absolute Gasteiger partial charge is 0.354 e. The third-order valence-corrected chi connectivity index (χ3v) is 3.76. The van der Waals surface area contributed by atoms with E-state index in [0.717, 1.165) is 48.5 Å². The van der Waals surface area contributed by atoms with Crippen LogP contribution in [0, 0.1) is 11.6 Å². The molecule has 1 aliphatic rings. The Hall–Kier alpha value is -2.47. The maximum Gasteiger partial charge on any atom is 0.195 e. The van der Waals surface area contributed by atoms with Crippen LogP contribution < -0.4 is 10.6 Å². The lowest BCUT2D eigenvalue weighted by molar-refractivity contribution is 0.0978. The molecule has 2 aromatic rings. The molecule has 0 radical (unpaired) electrons. The number of nitrogens with zero attached hydrogens (tertiary/aromatic N) is 1. The van der Waals surface area contributed by atoms with Crippen LogP contribution in [0.3, 0.4) is 0 Å². The number of anilines is 1. The number of rotatable bonds is 5. The first-order chi connectivity index (χ1) is 11.6. The van der Waals surface area contributed by atoms with Crippen molar-refractivity contribution in [1.29, 1.82) is 0 Å². The summed E-state index contributed by atoms with van der Waals surface area (Å²) in [5, 5.41) is 6.27. The summed E-state index contributed by atoms with van der Waals surface area (Å²) in [5.41, 5.74) is 1.65. The van der Waals surface area contributed by atoms with Gasteiger partial charge in [0.2, 0.25) is 0 Å². The zero-order valence-corrected chi connectivity index (χ0v) is 14.2. The molecular formula is C18H18ClF2N3O. The van der Waals surface area contributed by atoms with Crippen LogP contribution in [-0.2, 0) is 6.42 Å². The number of hydrogen-bond donors (Lipinski definition) is 2. The van der Waals surface area contributed by atoms with E-state index in [2.05, 4.69) is 15.6 Å². The van der Waals surface area contributed by atoms with Crippen molar-refractivity contribution in [3.05, 3.63) is 65.2 Å². The number of aliphatic imine (C=N–C) groups is 1. The summed E-state index contributed by atoms with van der Waals surface area (Å²) in [4.78, 5) is 16.3. The van der Waals surface area contributed by atoms with Gasteiger partial charge in [-0.05, 0) is 42.3 Å². The Morgan fingerprint density at radius 1 is 1.16 bits per heavy atom. The first kappa shape index (κ1) is 18.9. The van der Waals surface area contributed by atoms with Gasteiger partial charge in [0.1, 0.15) is 11.6 Å². The van der Waals surface area contributed by atoms with Gasteiger partial charge in [-0.1, -0.05) is 12.1 Å². The van der Waals surface area contributed by atoms with E-state index in [9.17, 15) is 13.6 Å². The highest BCUT2D eigenvalue weighted by Crippen LogP contribution is 2.15. The Morgan fingerprint density at radius 2 is 1.92 bits per heavy atom. The molecule has 0 atom stereocenters. The van der Waals surface area contributed by atoms with Crippen LogP contribution >= 0.6 is 12.4 Å². The van der Waals surface area contributed by atoms with Crippen LogP contribution in [0.4, 0.5) is 14.5 Å². The monoisotopic (exact) mass is 365 g/mol. The minimum atomic E-state index is -0.689. The average Bonchev–Trinajstić information content (AvgIpc) is 3.09. The Kier molecular flexibility index (Phi) is 6.47. The molecule has 7 heteroatoms. The molecule has 0 saturated carbocycles. The molecular weight excluding hydrogens is 348 g/mol. The van der Waals surface area contributed by atoms with Gasteiger partial charge in [0.25, 0.3) is 0 Å². The molecule has 25 heavy (non-hydrogen) atoms. The number of nitrogens with one attached hydrogen (secondary N) is 2. The third-order valence-electron chi connectivity index (χ3n) is 3.76.